The molecule has 0 saturated heterocycles. The zero-order valence-electron chi connectivity index (χ0n) is 9.65. The summed E-state index contributed by atoms with van der Waals surface area (Å²) in [5, 5.41) is 4.71. The van der Waals surface area contributed by atoms with Crippen LogP contribution in [0.1, 0.15) is 36.9 Å². The van der Waals surface area contributed by atoms with Crippen molar-refractivity contribution >= 4 is 16.3 Å². The summed E-state index contributed by atoms with van der Waals surface area (Å²) in [5.41, 5.74) is 6.73. The zero-order chi connectivity index (χ0) is 11.7. The lowest BCUT2D eigenvalue weighted by Gasteiger charge is -1.98. The van der Waals surface area contributed by atoms with Crippen LogP contribution in [0.4, 0.5) is 5.00 Å². The predicted octanol–water partition coefficient (Wildman–Crippen LogP) is 3.20. The minimum atomic E-state index is 0.318. The Bertz CT molecular complexity index is 489. The van der Waals surface area contributed by atoms with Crippen LogP contribution in [0.5, 0.6) is 0 Å². The normalized spacial score (nSPS) is 12.9. The van der Waals surface area contributed by atoms with Gasteiger partial charge in [0, 0.05) is 10.8 Å². The monoisotopic (exact) mass is 237 g/mol. The van der Waals surface area contributed by atoms with Crippen LogP contribution < -0.4 is 5.73 Å². The highest BCUT2D eigenvalue weighted by Crippen LogP contribution is 2.33. The molecule has 0 aliphatic carbocycles. The van der Waals surface area contributed by atoms with E-state index in [4.69, 9.17) is 10.3 Å². The Morgan fingerprint density at radius 3 is 2.88 bits per heavy atom. The third kappa shape index (κ3) is 1.95. The Labute approximate surface area is 98.5 Å². The molecule has 1 atom stereocenters. The minimum absolute atomic E-state index is 0.318. The molecule has 2 N–H and O–H groups in total. The Morgan fingerprint density at radius 2 is 2.31 bits per heavy atom. The van der Waals surface area contributed by atoms with E-state index in [2.05, 4.69) is 24.0 Å². The summed E-state index contributed by atoms with van der Waals surface area (Å²) in [5.74, 6) is 1.59. The van der Waals surface area contributed by atoms with Crippen molar-refractivity contribution in [1.82, 2.24) is 10.1 Å². The molecule has 2 rings (SSSR count). The van der Waals surface area contributed by atoms with Gasteiger partial charge in [0.1, 0.15) is 0 Å². The van der Waals surface area contributed by atoms with Crippen molar-refractivity contribution in [3.63, 3.8) is 0 Å². The molecule has 0 aliphatic heterocycles. The Hall–Kier alpha value is -1.36. The highest BCUT2D eigenvalue weighted by atomic mass is 32.1. The van der Waals surface area contributed by atoms with E-state index in [1.54, 1.807) is 0 Å². The average molecular weight is 237 g/mol. The first-order valence-corrected chi connectivity index (χ1v) is 6.13. The number of aryl methyl sites for hydroxylation is 1. The number of nitrogens with zero attached hydrogens (tertiary/aromatic N) is 2. The first-order valence-electron chi connectivity index (χ1n) is 5.31. The molecule has 0 saturated carbocycles. The molecule has 0 aliphatic rings. The highest BCUT2D eigenvalue weighted by molar-refractivity contribution is 7.16. The quantitative estimate of drug-likeness (QED) is 0.890. The van der Waals surface area contributed by atoms with Gasteiger partial charge in [0.15, 0.2) is 5.82 Å². The Morgan fingerprint density at radius 1 is 1.56 bits per heavy atom. The summed E-state index contributed by atoms with van der Waals surface area (Å²) in [6.45, 7) is 6.19. The molecule has 0 radical (unpaired) electrons. The molecule has 0 fully saturated rings. The molecule has 4 nitrogen and oxygen atoms in total. The van der Waals surface area contributed by atoms with Crippen molar-refractivity contribution in [3.8, 4) is 11.5 Å². The Kier molecular flexibility index (Phi) is 2.96. The molecule has 0 amide bonds. The van der Waals surface area contributed by atoms with Crippen molar-refractivity contribution in [1.29, 1.82) is 0 Å². The van der Waals surface area contributed by atoms with Gasteiger partial charge in [-0.2, -0.15) is 4.98 Å². The number of thiophene rings is 1. The van der Waals surface area contributed by atoms with Gasteiger partial charge in [0.05, 0.1) is 10.6 Å². The first-order chi connectivity index (χ1) is 7.61. The fourth-order valence-electron chi connectivity index (χ4n) is 1.43. The van der Waals surface area contributed by atoms with Crippen LogP contribution in [0.15, 0.2) is 10.6 Å². The van der Waals surface area contributed by atoms with E-state index in [1.165, 1.54) is 11.3 Å². The smallest absolute Gasteiger partial charge is 0.260 e. The molecular weight excluding hydrogens is 222 g/mol. The lowest BCUT2D eigenvalue weighted by molar-refractivity contribution is 0.417. The molecular formula is C11H15N3OS. The van der Waals surface area contributed by atoms with Crippen LogP contribution in [-0.2, 0) is 0 Å². The van der Waals surface area contributed by atoms with Gasteiger partial charge in [0.2, 0.25) is 0 Å². The summed E-state index contributed by atoms with van der Waals surface area (Å²) in [4.78, 5) is 5.52. The fraction of sp³-hybridized carbons (Fsp3) is 0.455. The molecule has 0 aromatic carbocycles. The summed E-state index contributed by atoms with van der Waals surface area (Å²) in [6.07, 6.45) is 0.997. The molecule has 1 unspecified atom stereocenters. The van der Waals surface area contributed by atoms with E-state index in [9.17, 15) is 0 Å². The summed E-state index contributed by atoms with van der Waals surface area (Å²) in [7, 11) is 0. The third-order valence-electron chi connectivity index (χ3n) is 2.61. The van der Waals surface area contributed by atoms with Gasteiger partial charge in [-0.1, -0.05) is 19.0 Å². The number of rotatable bonds is 3. The van der Waals surface area contributed by atoms with E-state index in [0.717, 1.165) is 27.7 Å². The van der Waals surface area contributed by atoms with E-state index in [0.29, 0.717) is 11.8 Å². The van der Waals surface area contributed by atoms with Crippen molar-refractivity contribution in [2.45, 2.75) is 33.1 Å². The van der Waals surface area contributed by atoms with Crippen LogP contribution in [-0.4, -0.2) is 10.1 Å². The minimum Gasteiger partial charge on any atom is -0.390 e. The Balaban J connectivity index is 2.35. The lowest BCUT2D eigenvalue weighted by Crippen LogP contribution is -1.93. The second-order valence-electron chi connectivity index (χ2n) is 3.90. The summed E-state index contributed by atoms with van der Waals surface area (Å²) in [6, 6.07) is 1.98. The van der Waals surface area contributed by atoms with Gasteiger partial charge >= 0.3 is 0 Å². The maximum absolute atomic E-state index is 5.88. The van der Waals surface area contributed by atoms with Crippen molar-refractivity contribution < 1.29 is 4.52 Å². The van der Waals surface area contributed by atoms with E-state index in [1.807, 2.05) is 13.0 Å². The molecule has 86 valence electrons. The molecule has 2 aromatic heterocycles. The maximum atomic E-state index is 5.88. The highest BCUT2D eigenvalue weighted by Gasteiger charge is 2.16. The van der Waals surface area contributed by atoms with Crippen LogP contribution in [0.3, 0.4) is 0 Å². The number of aromatic nitrogens is 2. The van der Waals surface area contributed by atoms with Crippen LogP contribution >= 0.6 is 11.3 Å². The molecule has 5 heteroatoms. The topological polar surface area (TPSA) is 64.9 Å². The van der Waals surface area contributed by atoms with E-state index >= 15 is 0 Å². The zero-order valence-corrected chi connectivity index (χ0v) is 10.5. The maximum Gasteiger partial charge on any atom is 0.260 e. The fourth-order valence-corrected chi connectivity index (χ4v) is 2.21. The second-order valence-corrected chi connectivity index (χ2v) is 5.19. The molecule has 2 aromatic rings. The standard InChI is InChI=1S/C11H15N3OS/c1-4-6(2)10-13-11(15-14-10)8-5-7(3)16-9(8)12/h5-6H,4,12H2,1-3H3. The van der Waals surface area contributed by atoms with Gasteiger partial charge in [-0.15, -0.1) is 11.3 Å². The summed E-state index contributed by atoms with van der Waals surface area (Å²) < 4.78 is 5.23. The number of hydrogen-bond donors (Lipinski definition) is 1. The van der Waals surface area contributed by atoms with Gasteiger partial charge in [0.25, 0.3) is 5.89 Å². The summed E-state index contributed by atoms with van der Waals surface area (Å²) >= 11 is 1.54. The number of nitrogens with two attached hydrogens (primary N) is 1. The van der Waals surface area contributed by atoms with Crippen molar-refractivity contribution in [3.05, 3.63) is 16.8 Å². The average Bonchev–Trinajstić information content (AvgIpc) is 2.83. The first kappa shape index (κ1) is 11.1. The second kappa shape index (κ2) is 4.25. The van der Waals surface area contributed by atoms with Gasteiger partial charge in [-0.25, -0.2) is 0 Å². The van der Waals surface area contributed by atoms with Crippen LogP contribution in [0, 0.1) is 6.92 Å². The molecule has 16 heavy (non-hydrogen) atoms. The number of anilines is 1. The van der Waals surface area contributed by atoms with Crippen molar-refractivity contribution in [2.24, 2.45) is 0 Å². The van der Waals surface area contributed by atoms with E-state index in [-0.39, 0.29) is 0 Å². The van der Waals surface area contributed by atoms with Crippen molar-refractivity contribution in [2.75, 3.05) is 5.73 Å². The SMILES string of the molecule is CCC(C)c1noc(-c2cc(C)sc2N)n1. The van der Waals surface area contributed by atoms with Crippen LogP contribution in [0.25, 0.3) is 11.5 Å². The van der Waals surface area contributed by atoms with Crippen LogP contribution in [0.2, 0.25) is 0 Å². The lowest BCUT2D eigenvalue weighted by atomic mass is 10.1. The number of hydrogen-bond acceptors (Lipinski definition) is 5. The van der Waals surface area contributed by atoms with Gasteiger partial charge < -0.3 is 10.3 Å². The largest absolute Gasteiger partial charge is 0.390 e. The third-order valence-corrected chi connectivity index (χ3v) is 3.49. The predicted molar refractivity (Wildman–Crippen MR) is 65.5 cm³/mol. The van der Waals surface area contributed by atoms with E-state index < -0.39 is 0 Å². The number of nitrogen functional groups attached to an aromatic ring is 1. The van der Waals surface area contributed by atoms with Gasteiger partial charge in [-0.3, -0.25) is 0 Å². The molecule has 2 heterocycles. The molecule has 0 bridgehead atoms. The molecule has 0 spiro atoms. The van der Waals surface area contributed by atoms with Gasteiger partial charge in [-0.05, 0) is 19.4 Å².